The summed E-state index contributed by atoms with van der Waals surface area (Å²) in [4.78, 5) is 25.1. The quantitative estimate of drug-likeness (QED) is 0.757. The van der Waals surface area contributed by atoms with Crippen LogP contribution in [0.25, 0.3) is 10.8 Å². The fourth-order valence-electron chi connectivity index (χ4n) is 4.03. The average molecular weight is 364 g/mol. The molecule has 26 heavy (non-hydrogen) atoms. The SMILES string of the molecule is O=C1C[C@@H](c2cccc3cnccc23)c2sc(N3CCCC3)nc2CN1. The van der Waals surface area contributed by atoms with Crippen molar-refractivity contribution in [3.05, 3.63) is 52.8 Å². The summed E-state index contributed by atoms with van der Waals surface area (Å²) in [5, 5.41) is 6.42. The van der Waals surface area contributed by atoms with Crippen molar-refractivity contribution in [1.82, 2.24) is 15.3 Å². The molecule has 2 aromatic heterocycles. The number of anilines is 1. The van der Waals surface area contributed by atoms with Crippen LogP contribution in [-0.4, -0.2) is 29.0 Å². The highest BCUT2D eigenvalue weighted by atomic mass is 32.1. The lowest BCUT2D eigenvalue weighted by Gasteiger charge is -2.17. The second-order valence-electron chi connectivity index (χ2n) is 6.98. The number of pyridine rings is 1. The Morgan fingerprint density at radius 3 is 2.96 bits per heavy atom. The van der Waals surface area contributed by atoms with E-state index in [0.29, 0.717) is 13.0 Å². The van der Waals surface area contributed by atoms with Gasteiger partial charge in [-0.3, -0.25) is 9.78 Å². The topological polar surface area (TPSA) is 58.1 Å². The van der Waals surface area contributed by atoms with E-state index in [1.807, 2.05) is 12.4 Å². The summed E-state index contributed by atoms with van der Waals surface area (Å²) in [6.45, 7) is 2.70. The molecule has 3 aromatic rings. The molecule has 1 saturated heterocycles. The molecule has 1 fully saturated rings. The molecule has 0 radical (unpaired) electrons. The van der Waals surface area contributed by atoms with E-state index in [0.717, 1.165) is 29.3 Å². The standard InChI is InChI=1S/C20H20N4OS/c25-18-10-16(15-5-3-4-13-11-21-7-6-14(13)15)19-17(12-22-18)23-20(26-19)24-8-1-2-9-24/h3-7,11,16H,1-2,8-10,12H2,(H,22,25)/t16-/m0/s1. The van der Waals surface area contributed by atoms with Crippen molar-refractivity contribution < 1.29 is 4.79 Å². The van der Waals surface area contributed by atoms with E-state index < -0.39 is 0 Å². The van der Waals surface area contributed by atoms with Crippen molar-refractivity contribution in [1.29, 1.82) is 0 Å². The van der Waals surface area contributed by atoms with E-state index in [1.165, 1.54) is 28.7 Å². The second-order valence-corrected chi connectivity index (χ2v) is 7.99. The zero-order valence-electron chi connectivity index (χ0n) is 14.4. The van der Waals surface area contributed by atoms with Crippen molar-refractivity contribution in [2.24, 2.45) is 0 Å². The Kier molecular flexibility index (Phi) is 3.85. The molecule has 0 saturated carbocycles. The Morgan fingerprint density at radius 2 is 2.08 bits per heavy atom. The Balaban J connectivity index is 1.64. The number of carbonyl (C=O) groups excluding carboxylic acids is 1. The highest BCUT2D eigenvalue weighted by molar-refractivity contribution is 7.15. The van der Waals surface area contributed by atoms with Crippen molar-refractivity contribution in [3.8, 4) is 0 Å². The van der Waals surface area contributed by atoms with Crippen LogP contribution in [0.2, 0.25) is 0 Å². The highest BCUT2D eigenvalue weighted by Crippen LogP contribution is 2.41. The van der Waals surface area contributed by atoms with Gasteiger partial charge in [-0.1, -0.05) is 18.2 Å². The van der Waals surface area contributed by atoms with Crippen LogP contribution >= 0.6 is 11.3 Å². The Labute approximate surface area is 156 Å². The fourth-order valence-corrected chi connectivity index (χ4v) is 5.28. The maximum atomic E-state index is 12.4. The summed E-state index contributed by atoms with van der Waals surface area (Å²) < 4.78 is 0. The van der Waals surface area contributed by atoms with E-state index in [-0.39, 0.29) is 11.8 Å². The first-order valence-corrected chi connectivity index (χ1v) is 9.95. The number of nitrogens with zero attached hydrogens (tertiary/aromatic N) is 3. The molecule has 0 bridgehead atoms. The highest BCUT2D eigenvalue weighted by Gasteiger charge is 2.30. The maximum absolute atomic E-state index is 12.4. The largest absolute Gasteiger partial charge is 0.350 e. The van der Waals surface area contributed by atoms with Crippen LogP contribution in [0.15, 0.2) is 36.7 Å². The van der Waals surface area contributed by atoms with Crippen molar-refractivity contribution in [3.63, 3.8) is 0 Å². The van der Waals surface area contributed by atoms with Gasteiger partial charge in [-0.05, 0) is 29.9 Å². The van der Waals surface area contributed by atoms with Gasteiger partial charge in [0.25, 0.3) is 0 Å². The van der Waals surface area contributed by atoms with Crippen LogP contribution in [0, 0.1) is 0 Å². The number of carbonyl (C=O) groups is 1. The molecule has 0 aliphatic carbocycles. The van der Waals surface area contributed by atoms with Gasteiger partial charge in [0.2, 0.25) is 5.91 Å². The number of benzene rings is 1. The number of hydrogen-bond acceptors (Lipinski definition) is 5. The molecule has 2 aliphatic heterocycles. The van der Waals surface area contributed by atoms with Gasteiger partial charge >= 0.3 is 0 Å². The Hall–Kier alpha value is -2.47. The number of nitrogens with one attached hydrogen (secondary N) is 1. The zero-order chi connectivity index (χ0) is 17.5. The Bertz CT molecular complexity index is 972. The van der Waals surface area contributed by atoms with Gasteiger partial charge < -0.3 is 10.2 Å². The molecule has 5 nitrogen and oxygen atoms in total. The Morgan fingerprint density at radius 1 is 1.19 bits per heavy atom. The molecule has 0 spiro atoms. The molecule has 6 heteroatoms. The third-order valence-electron chi connectivity index (χ3n) is 5.34. The van der Waals surface area contributed by atoms with Crippen LogP contribution < -0.4 is 10.2 Å². The number of aromatic nitrogens is 2. The minimum Gasteiger partial charge on any atom is -0.350 e. The molecule has 132 valence electrons. The number of hydrogen-bond donors (Lipinski definition) is 1. The van der Waals surface area contributed by atoms with Gasteiger partial charge in [-0.25, -0.2) is 4.98 Å². The van der Waals surface area contributed by atoms with Gasteiger partial charge in [-0.15, -0.1) is 11.3 Å². The summed E-state index contributed by atoms with van der Waals surface area (Å²) in [6, 6.07) is 8.33. The number of fused-ring (bicyclic) bond motifs is 2. The molecule has 1 N–H and O–H groups in total. The number of rotatable bonds is 2. The summed E-state index contributed by atoms with van der Waals surface area (Å²) in [5.74, 6) is 0.140. The third-order valence-corrected chi connectivity index (χ3v) is 6.61. The zero-order valence-corrected chi connectivity index (χ0v) is 15.3. The molecular formula is C20H20N4OS. The van der Waals surface area contributed by atoms with Gasteiger partial charge in [0, 0.05) is 48.1 Å². The van der Waals surface area contributed by atoms with Crippen LogP contribution in [0.1, 0.15) is 41.3 Å². The van der Waals surface area contributed by atoms with Crippen LogP contribution in [0.4, 0.5) is 5.13 Å². The van der Waals surface area contributed by atoms with Gasteiger partial charge in [0.15, 0.2) is 5.13 Å². The number of amides is 1. The van der Waals surface area contributed by atoms with Crippen molar-refractivity contribution in [2.45, 2.75) is 31.7 Å². The summed E-state index contributed by atoms with van der Waals surface area (Å²) >= 11 is 1.77. The number of thiazole rings is 1. The van der Waals surface area contributed by atoms with Gasteiger partial charge in [0.05, 0.1) is 12.2 Å². The molecule has 1 atom stereocenters. The molecule has 5 rings (SSSR count). The van der Waals surface area contributed by atoms with Crippen molar-refractivity contribution in [2.75, 3.05) is 18.0 Å². The third kappa shape index (κ3) is 2.65. The minimum absolute atomic E-state index is 0.0486. The van der Waals surface area contributed by atoms with Crippen LogP contribution in [-0.2, 0) is 11.3 Å². The van der Waals surface area contributed by atoms with Crippen LogP contribution in [0.3, 0.4) is 0 Å². The van der Waals surface area contributed by atoms with E-state index in [2.05, 4.69) is 39.5 Å². The lowest BCUT2D eigenvalue weighted by Crippen LogP contribution is -2.22. The fraction of sp³-hybridized carbons (Fsp3) is 0.350. The van der Waals surface area contributed by atoms with Gasteiger partial charge in [0.1, 0.15) is 0 Å². The first-order chi connectivity index (χ1) is 12.8. The van der Waals surface area contributed by atoms with E-state index in [4.69, 9.17) is 4.98 Å². The van der Waals surface area contributed by atoms with E-state index in [1.54, 1.807) is 11.3 Å². The van der Waals surface area contributed by atoms with Gasteiger partial charge in [-0.2, -0.15) is 0 Å². The average Bonchev–Trinajstić information content (AvgIpc) is 3.31. The predicted molar refractivity (Wildman–Crippen MR) is 104 cm³/mol. The molecule has 1 amide bonds. The minimum atomic E-state index is 0.0486. The molecule has 1 aromatic carbocycles. The first-order valence-electron chi connectivity index (χ1n) is 9.13. The maximum Gasteiger partial charge on any atom is 0.221 e. The lowest BCUT2D eigenvalue weighted by molar-refractivity contribution is -0.121. The summed E-state index contributed by atoms with van der Waals surface area (Å²) in [6.07, 6.45) is 6.65. The van der Waals surface area contributed by atoms with E-state index in [9.17, 15) is 4.79 Å². The molecular weight excluding hydrogens is 344 g/mol. The predicted octanol–water partition coefficient (Wildman–Crippen LogP) is 3.44. The second kappa shape index (κ2) is 6.36. The summed E-state index contributed by atoms with van der Waals surface area (Å²) in [5.41, 5.74) is 2.22. The smallest absolute Gasteiger partial charge is 0.221 e. The lowest BCUT2D eigenvalue weighted by atomic mass is 9.90. The van der Waals surface area contributed by atoms with E-state index >= 15 is 0 Å². The molecule has 2 aliphatic rings. The molecule has 4 heterocycles. The summed E-state index contributed by atoms with van der Waals surface area (Å²) in [7, 11) is 0. The monoisotopic (exact) mass is 364 g/mol. The first kappa shape index (κ1) is 15.8. The normalized spacial score (nSPS) is 20.1. The van der Waals surface area contributed by atoms with Crippen LogP contribution in [0.5, 0.6) is 0 Å². The molecule has 0 unspecified atom stereocenters. The van der Waals surface area contributed by atoms with Crippen molar-refractivity contribution >= 4 is 33.1 Å².